The first-order valence-corrected chi connectivity index (χ1v) is 11.0. The number of halogens is 4. The molecule has 0 unspecified atom stereocenters. The van der Waals surface area contributed by atoms with Crippen LogP contribution in [0.3, 0.4) is 0 Å². The number of alkyl halides is 4. The number of likely N-dealkylation sites (tertiary alicyclic amines) is 1. The summed E-state index contributed by atoms with van der Waals surface area (Å²) in [7, 11) is 1.88. The van der Waals surface area contributed by atoms with Gasteiger partial charge in [-0.25, -0.2) is 8.91 Å². The van der Waals surface area contributed by atoms with Gasteiger partial charge in [0.25, 0.3) is 5.89 Å². The van der Waals surface area contributed by atoms with E-state index in [-0.39, 0.29) is 49.8 Å². The molecular formula is C22H21F4N7O. The Morgan fingerprint density at radius 3 is 2.53 bits per heavy atom. The van der Waals surface area contributed by atoms with E-state index in [0.29, 0.717) is 24.3 Å². The largest absolute Gasteiger partial charge is 0.421 e. The van der Waals surface area contributed by atoms with Crippen molar-refractivity contribution in [2.75, 3.05) is 38.1 Å². The number of nitrogens with zero attached hydrogens (tertiary/aromatic N) is 7. The fourth-order valence-electron chi connectivity index (χ4n) is 5.71. The molecule has 2 aliphatic heterocycles. The van der Waals surface area contributed by atoms with Crippen LogP contribution in [0.4, 0.5) is 23.2 Å². The molecule has 0 spiro atoms. The molecular weight excluding hydrogens is 454 g/mol. The van der Waals surface area contributed by atoms with Crippen molar-refractivity contribution < 1.29 is 22.0 Å². The van der Waals surface area contributed by atoms with Gasteiger partial charge in [0.1, 0.15) is 17.2 Å². The molecule has 178 valence electrons. The molecule has 0 N–H and O–H groups in total. The lowest BCUT2D eigenvalue weighted by molar-refractivity contribution is -0.187. The highest BCUT2D eigenvalue weighted by Crippen LogP contribution is 2.75. The van der Waals surface area contributed by atoms with Crippen LogP contribution in [0.25, 0.3) is 5.52 Å². The molecule has 3 fully saturated rings. The Bertz CT molecular complexity index is 1320. The summed E-state index contributed by atoms with van der Waals surface area (Å²) >= 11 is 0. The summed E-state index contributed by atoms with van der Waals surface area (Å²) in [4.78, 5) is 3.60. The number of hydrogen-bond acceptors (Lipinski definition) is 7. The normalized spacial score (nSPS) is 28.8. The average molecular weight is 475 g/mol. The molecule has 0 aromatic carbocycles. The van der Waals surface area contributed by atoms with E-state index in [0.717, 1.165) is 0 Å². The number of fused-ring (bicyclic) bond motifs is 2. The highest BCUT2D eigenvalue weighted by atomic mass is 19.4. The Labute approximate surface area is 191 Å². The molecule has 1 aliphatic carbocycles. The van der Waals surface area contributed by atoms with Gasteiger partial charge in [0, 0.05) is 39.0 Å². The Hall–Kier alpha value is -3.20. The summed E-state index contributed by atoms with van der Waals surface area (Å²) in [6.45, 7) is 0.689. The van der Waals surface area contributed by atoms with Crippen LogP contribution >= 0.6 is 0 Å². The molecule has 12 heteroatoms. The van der Waals surface area contributed by atoms with E-state index in [1.807, 2.05) is 18.0 Å². The molecule has 3 aromatic rings. The highest BCUT2D eigenvalue weighted by Gasteiger charge is 2.86. The minimum absolute atomic E-state index is 0.0110. The van der Waals surface area contributed by atoms with Crippen molar-refractivity contribution in [3.8, 4) is 6.07 Å². The van der Waals surface area contributed by atoms with Crippen LogP contribution in [0, 0.1) is 16.7 Å². The van der Waals surface area contributed by atoms with Crippen LogP contribution in [0.1, 0.15) is 36.7 Å². The van der Waals surface area contributed by atoms with Gasteiger partial charge in [-0.3, -0.25) is 0 Å². The first kappa shape index (κ1) is 21.3. The Morgan fingerprint density at radius 1 is 1.09 bits per heavy atom. The molecule has 0 bridgehead atoms. The Balaban J connectivity index is 1.38. The Kier molecular flexibility index (Phi) is 4.20. The van der Waals surface area contributed by atoms with E-state index < -0.39 is 22.7 Å². The summed E-state index contributed by atoms with van der Waals surface area (Å²) in [5.41, 5.74) is -3.99. The molecule has 34 heavy (non-hydrogen) atoms. The zero-order valence-electron chi connectivity index (χ0n) is 18.3. The third kappa shape index (κ3) is 2.70. The predicted molar refractivity (Wildman–Crippen MR) is 111 cm³/mol. The highest BCUT2D eigenvalue weighted by molar-refractivity contribution is 5.75. The number of pyridine rings is 1. The van der Waals surface area contributed by atoms with Crippen LogP contribution in [-0.2, 0) is 11.1 Å². The van der Waals surface area contributed by atoms with Gasteiger partial charge >= 0.3 is 6.18 Å². The van der Waals surface area contributed by atoms with Crippen molar-refractivity contribution in [1.29, 1.82) is 5.26 Å². The summed E-state index contributed by atoms with van der Waals surface area (Å²) < 4.78 is 65.8. The maximum absolute atomic E-state index is 15.5. The van der Waals surface area contributed by atoms with Crippen LogP contribution in [0.2, 0.25) is 0 Å². The third-order valence-corrected chi connectivity index (χ3v) is 7.84. The maximum Gasteiger partial charge on any atom is 0.397 e. The lowest BCUT2D eigenvalue weighted by atomic mass is 9.93. The fraction of sp³-hybridized carbons (Fsp3) is 0.545. The third-order valence-electron chi connectivity index (χ3n) is 7.84. The summed E-state index contributed by atoms with van der Waals surface area (Å²) in [5.74, 6) is -0.389. The first-order chi connectivity index (χ1) is 16.1. The second-order valence-electron chi connectivity index (χ2n) is 9.72. The molecule has 1 saturated carbocycles. The predicted octanol–water partition coefficient (Wildman–Crippen LogP) is 3.19. The minimum atomic E-state index is -4.51. The van der Waals surface area contributed by atoms with Crippen molar-refractivity contribution >= 4 is 11.2 Å². The molecule has 2 atom stereocenters. The van der Waals surface area contributed by atoms with Crippen LogP contribution in [0.5, 0.6) is 0 Å². The van der Waals surface area contributed by atoms with Gasteiger partial charge in [-0.15, -0.1) is 10.2 Å². The molecule has 5 heterocycles. The van der Waals surface area contributed by atoms with Gasteiger partial charge in [0.05, 0.1) is 22.8 Å². The topological polar surface area (TPSA) is 86.5 Å². The molecule has 8 nitrogen and oxygen atoms in total. The van der Waals surface area contributed by atoms with Gasteiger partial charge in [0.2, 0.25) is 5.89 Å². The minimum Gasteiger partial charge on any atom is -0.421 e. The van der Waals surface area contributed by atoms with E-state index >= 15 is 4.39 Å². The van der Waals surface area contributed by atoms with Crippen LogP contribution in [-0.4, -0.2) is 64.1 Å². The fourth-order valence-corrected chi connectivity index (χ4v) is 5.71. The maximum atomic E-state index is 15.5. The van der Waals surface area contributed by atoms with Gasteiger partial charge in [-0.1, -0.05) is 0 Å². The number of anilines is 1. The standard InChI is InChI=1S/C22H21F4N7O/c1-31-8-5-20(23,6-9-31)18-30-29-17(34-18)19-11-21(19,22(24,25)26)13-32(12-19)15-3-2-14(10-27)33-16(15)4-7-28-33/h2-4,7H,5-6,8-9,11-13H2,1H3/t19-,21-/m0/s1. The van der Waals surface area contributed by atoms with Crippen molar-refractivity contribution in [1.82, 2.24) is 24.7 Å². The second kappa shape index (κ2) is 6.69. The zero-order valence-corrected chi connectivity index (χ0v) is 18.3. The SMILES string of the molecule is CN1CCC(F)(c2nnc([C@]34CN(c5ccc(C#N)n6nccc56)C[C@@]3(C(F)(F)F)C4)o2)CC1. The lowest BCUT2D eigenvalue weighted by Gasteiger charge is -2.31. The van der Waals surface area contributed by atoms with E-state index in [2.05, 4.69) is 15.3 Å². The van der Waals surface area contributed by atoms with Gasteiger partial charge < -0.3 is 14.2 Å². The number of nitriles is 1. The second-order valence-corrected chi connectivity index (χ2v) is 9.72. The average Bonchev–Trinajstić information content (AvgIpc) is 3.29. The van der Waals surface area contributed by atoms with Gasteiger partial charge in [-0.05, 0) is 31.7 Å². The first-order valence-electron chi connectivity index (χ1n) is 11.0. The lowest BCUT2D eigenvalue weighted by Crippen LogP contribution is -2.38. The molecule has 6 rings (SSSR count). The van der Waals surface area contributed by atoms with Crippen molar-refractivity contribution in [3.63, 3.8) is 0 Å². The van der Waals surface area contributed by atoms with Gasteiger partial charge in [0.15, 0.2) is 5.67 Å². The van der Waals surface area contributed by atoms with Gasteiger partial charge in [-0.2, -0.15) is 23.5 Å². The number of piperidine rings is 2. The number of aromatic nitrogens is 4. The van der Waals surface area contributed by atoms with E-state index in [9.17, 15) is 18.4 Å². The van der Waals surface area contributed by atoms with E-state index in [1.54, 1.807) is 17.0 Å². The van der Waals surface area contributed by atoms with Crippen molar-refractivity contribution in [2.24, 2.45) is 5.41 Å². The quantitative estimate of drug-likeness (QED) is 0.538. The molecule has 3 aliphatic rings. The molecule has 2 saturated heterocycles. The van der Waals surface area contributed by atoms with Crippen molar-refractivity contribution in [3.05, 3.63) is 41.9 Å². The number of rotatable bonds is 3. The van der Waals surface area contributed by atoms with Crippen LogP contribution in [0.15, 0.2) is 28.8 Å². The van der Waals surface area contributed by atoms with E-state index in [4.69, 9.17) is 4.42 Å². The Morgan fingerprint density at radius 2 is 1.82 bits per heavy atom. The van der Waals surface area contributed by atoms with E-state index in [1.165, 1.54) is 16.8 Å². The summed E-state index contributed by atoms with van der Waals surface area (Å²) in [5, 5.41) is 21.3. The molecule has 3 aromatic heterocycles. The summed E-state index contributed by atoms with van der Waals surface area (Å²) in [6.07, 6.45) is -2.90. The smallest absolute Gasteiger partial charge is 0.397 e. The number of hydrogen-bond donors (Lipinski definition) is 0. The van der Waals surface area contributed by atoms with Crippen molar-refractivity contribution in [2.45, 2.75) is 36.5 Å². The molecule has 0 radical (unpaired) electrons. The monoisotopic (exact) mass is 475 g/mol. The van der Waals surface area contributed by atoms with Crippen LogP contribution < -0.4 is 4.90 Å². The summed E-state index contributed by atoms with van der Waals surface area (Å²) in [6, 6.07) is 6.85. The molecule has 0 amide bonds. The zero-order chi connectivity index (χ0) is 23.9.